The first-order chi connectivity index (χ1) is 16.9. The van der Waals surface area contributed by atoms with Gasteiger partial charge in [0.25, 0.3) is 0 Å². The molecular formula is C27H32N4O3S. The highest BCUT2D eigenvalue weighted by Gasteiger charge is 2.35. The number of anilines is 1. The number of hydrogen-bond acceptors (Lipinski definition) is 7. The number of nitrogens with one attached hydrogen (secondary N) is 1. The van der Waals surface area contributed by atoms with Crippen LogP contribution in [0.5, 0.6) is 5.75 Å². The van der Waals surface area contributed by atoms with Crippen molar-refractivity contribution in [1.29, 1.82) is 0 Å². The van der Waals surface area contributed by atoms with Crippen molar-refractivity contribution in [2.45, 2.75) is 64.9 Å². The number of thioether (sulfide) groups is 1. The van der Waals surface area contributed by atoms with Gasteiger partial charge in [0.05, 0.1) is 11.7 Å². The number of carbonyl (C=O) groups is 1. The van der Waals surface area contributed by atoms with E-state index in [0.29, 0.717) is 29.0 Å². The minimum atomic E-state index is -0.452. The van der Waals surface area contributed by atoms with Crippen LogP contribution in [0.1, 0.15) is 56.8 Å². The average Bonchev–Trinajstić information content (AvgIpc) is 3.23. The van der Waals surface area contributed by atoms with Crippen molar-refractivity contribution in [2.24, 2.45) is 0 Å². The second kappa shape index (κ2) is 11.0. The van der Waals surface area contributed by atoms with Crippen LogP contribution in [0.2, 0.25) is 0 Å². The van der Waals surface area contributed by atoms with E-state index in [2.05, 4.69) is 36.3 Å². The van der Waals surface area contributed by atoms with E-state index < -0.39 is 6.04 Å². The fraction of sp³-hybridized carbons (Fsp3) is 0.370. The van der Waals surface area contributed by atoms with Crippen LogP contribution >= 0.6 is 11.8 Å². The topological polar surface area (TPSA) is 78.3 Å². The fourth-order valence-electron chi connectivity index (χ4n) is 3.92. The molecule has 0 saturated carbocycles. The summed E-state index contributed by atoms with van der Waals surface area (Å²) in [5, 5.41) is 8.66. The summed E-state index contributed by atoms with van der Waals surface area (Å²) >= 11 is 1.60. The molecule has 1 aliphatic rings. The lowest BCUT2D eigenvalue weighted by Gasteiger charge is -2.28. The first-order valence-electron chi connectivity index (χ1n) is 11.9. The molecule has 4 rings (SSSR count). The lowest BCUT2D eigenvalue weighted by atomic mass is 9.95. The molecule has 1 unspecified atom stereocenters. The van der Waals surface area contributed by atoms with Crippen molar-refractivity contribution in [3.8, 4) is 5.75 Å². The van der Waals surface area contributed by atoms with Gasteiger partial charge in [-0.05, 0) is 62.9 Å². The molecule has 8 heteroatoms. The molecule has 184 valence electrons. The summed E-state index contributed by atoms with van der Waals surface area (Å²) in [7, 11) is 0. The molecule has 0 radical (unpaired) electrons. The van der Waals surface area contributed by atoms with Crippen molar-refractivity contribution in [1.82, 2.24) is 14.8 Å². The first-order valence-corrected chi connectivity index (χ1v) is 12.9. The van der Waals surface area contributed by atoms with Gasteiger partial charge in [0.1, 0.15) is 18.4 Å². The summed E-state index contributed by atoms with van der Waals surface area (Å²) in [6.45, 7) is 10.3. The Balaban J connectivity index is 1.64. The normalized spacial score (nSPS) is 15.1. The molecular weight excluding hydrogens is 460 g/mol. The molecule has 0 fully saturated rings. The van der Waals surface area contributed by atoms with E-state index in [4.69, 9.17) is 14.6 Å². The number of ether oxygens (including phenoxy) is 2. The zero-order valence-electron chi connectivity index (χ0n) is 20.9. The maximum atomic E-state index is 13.1. The zero-order chi connectivity index (χ0) is 24.9. The number of carbonyl (C=O) groups excluding carboxylic acids is 1. The van der Waals surface area contributed by atoms with E-state index in [1.165, 1.54) is 5.56 Å². The standard InChI is InChI=1S/C27H32N4O3S/c1-6-15-35-27-29-26-28-19(5)23(25(32)34-17(2)3)24(31(26)30-27)20-11-13-22(14-12-20)33-16-21-10-8-7-9-18(21)4/h7-14,17,24H,6,15-16H2,1-5H3,(H,28,29,30). The molecule has 2 heterocycles. The fourth-order valence-corrected chi connectivity index (χ4v) is 4.60. The highest BCUT2D eigenvalue weighted by Crippen LogP contribution is 2.37. The van der Waals surface area contributed by atoms with E-state index in [1.807, 2.05) is 57.2 Å². The second-order valence-corrected chi connectivity index (χ2v) is 9.88. The van der Waals surface area contributed by atoms with Crippen LogP contribution in [-0.4, -0.2) is 32.6 Å². The van der Waals surface area contributed by atoms with Crippen LogP contribution in [0.3, 0.4) is 0 Å². The maximum absolute atomic E-state index is 13.1. The molecule has 1 atom stereocenters. The van der Waals surface area contributed by atoms with Gasteiger partial charge in [-0.1, -0.05) is 55.1 Å². The summed E-state index contributed by atoms with van der Waals surface area (Å²) in [6, 6.07) is 15.5. The Kier molecular flexibility index (Phi) is 7.80. The number of rotatable bonds is 9. The Bertz CT molecular complexity index is 1220. The lowest BCUT2D eigenvalue weighted by Crippen LogP contribution is -2.30. The van der Waals surface area contributed by atoms with Gasteiger partial charge in [-0.3, -0.25) is 0 Å². The molecule has 0 spiro atoms. The number of nitrogens with zero attached hydrogens (tertiary/aromatic N) is 3. The largest absolute Gasteiger partial charge is 0.489 e. The molecule has 0 aliphatic carbocycles. The van der Waals surface area contributed by atoms with Crippen LogP contribution in [0, 0.1) is 6.92 Å². The third-order valence-corrected chi connectivity index (χ3v) is 6.73. The Labute approximate surface area is 210 Å². The highest BCUT2D eigenvalue weighted by atomic mass is 32.2. The van der Waals surface area contributed by atoms with Crippen molar-refractivity contribution in [2.75, 3.05) is 11.1 Å². The SMILES string of the molecule is CCCSc1nc2n(n1)C(c1ccc(OCc3ccccc3C)cc1)C(C(=O)OC(C)C)=C(C)N2. The molecule has 2 aromatic carbocycles. The van der Waals surface area contributed by atoms with Crippen LogP contribution in [0.15, 0.2) is 65.0 Å². The number of hydrogen-bond donors (Lipinski definition) is 1. The van der Waals surface area contributed by atoms with E-state index in [0.717, 1.165) is 29.1 Å². The third-order valence-electron chi connectivity index (χ3n) is 5.68. The molecule has 1 N–H and O–H groups in total. The van der Waals surface area contributed by atoms with E-state index in [1.54, 1.807) is 16.4 Å². The van der Waals surface area contributed by atoms with Gasteiger partial charge < -0.3 is 14.8 Å². The monoisotopic (exact) mass is 492 g/mol. The summed E-state index contributed by atoms with van der Waals surface area (Å²) in [6.07, 6.45) is 0.798. The number of aryl methyl sites for hydroxylation is 1. The molecule has 1 aliphatic heterocycles. The summed E-state index contributed by atoms with van der Waals surface area (Å²) < 4.78 is 13.4. The molecule has 3 aromatic rings. The number of esters is 1. The summed E-state index contributed by atoms with van der Waals surface area (Å²) in [5.74, 6) is 1.94. The Morgan fingerprint density at radius 1 is 1.14 bits per heavy atom. The quantitative estimate of drug-likeness (QED) is 0.294. The molecule has 1 aromatic heterocycles. The molecule has 0 saturated heterocycles. The maximum Gasteiger partial charge on any atom is 0.338 e. The van der Waals surface area contributed by atoms with Crippen LogP contribution in [-0.2, 0) is 16.1 Å². The van der Waals surface area contributed by atoms with E-state index in [-0.39, 0.29) is 12.1 Å². The van der Waals surface area contributed by atoms with Crippen LogP contribution < -0.4 is 10.1 Å². The van der Waals surface area contributed by atoms with Gasteiger partial charge in [-0.2, -0.15) is 4.98 Å². The van der Waals surface area contributed by atoms with Gasteiger partial charge in [0, 0.05) is 11.4 Å². The minimum Gasteiger partial charge on any atom is -0.489 e. The number of aromatic nitrogens is 3. The van der Waals surface area contributed by atoms with Crippen LogP contribution in [0.4, 0.5) is 5.95 Å². The zero-order valence-corrected chi connectivity index (χ0v) is 21.7. The Morgan fingerprint density at radius 2 is 1.89 bits per heavy atom. The highest BCUT2D eigenvalue weighted by molar-refractivity contribution is 7.99. The predicted molar refractivity (Wildman–Crippen MR) is 139 cm³/mol. The van der Waals surface area contributed by atoms with Crippen molar-refractivity contribution in [3.05, 3.63) is 76.5 Å². The second-order valence-electron chi connectivity index (χ2n) is 8.82. The molecule has 0 amide bonds. The summed E-state index contributed by atoms with van der Waals surface area (Å²) in [5.41, 5.74) is 4.49. The molecule has 0 bridgehead atoms. The Hall–Kier alpha value is -3.26. The molecule has 35 heavy (non-hydrogen) atoms. The number of allylic oxidation sites excluding steroid dienone is 1. The van der Waals surface area contributed by atoms with Gasteiger partial charge in [0.2, 0.25) is 11.1 Å². The van der Waals surface area contributed by atoms with Crippen molar-refractivity contribution < 1.29 is 14.3 Å². The van der Waals surface area contributed by atoms with Gasteiger partial charge in [-0.25, -0.2) is 9.48 Å². The lowest BCUT2D eigenvalue weighted by molar-refractivity contribution is -0.143. The first kappa shape index (κ1) is 24.9. The van der Waals surface area contributed by atoms with E-state index in [9.17, 15) is 4.79 Å². The van der Waals surface area contributed by atoms with Gasteiger partial charge >= 0.3 is 5.97 Å². The van der Waals surface area contributed by atoms with Crippen LogP contribution in [0.25, 0.3) is 0 Å². The van der Waals surface area contributed by atoms with Crippen molar-refractivity contribution >= 4 is 23.7 Å². The smallest absolute Gasteiger partial charge is 0.338 e. The number of fused-ring (bicyclic) bond motifs is 1. The number of benzene rings is 2. The third kappa shape index (κ3) is 5.70. The summed E-state index contributed by atoms with van der Waals surface area (Å²) in [4.78, 5) is 17.8. The molecule has 7 nitrogen and oxygen atoms in total. The Morgan fingerprint density at radius 3 is 2.57 bits per heavy atom. The average molecular weight is 493 g/mol. The predicted octanol–water partition coefficient (Wildman–Crippen LogP) is 5.91. The van der Waals surface area contributed by atoms with Gasteiger partial charge in [0.15, 0.2) is 0 Å². The van der Waals surface area contributed by atoms with Crippen molar-refractivity contribution in [3.63, 3.8) is 0 Å². The minimum absolute atomic E-state index is 0.228. The van der Waals surface area contributed by atoms with Gasteiger partial charge in [-0.15, -0.1) is 5.10 Å². The van der Waals surface area contributed by atoms with E-state index >= 15 is 0 Å².